The van der Waals surface area contributed by atoms with Gasteiger partial charge < -0.3 is 0 Å². The van der Waals surface area contributed by atoms with Crippen molar-refractivity contribution in [3.05, 3.63) is 205 Å². The average molecular weight is 779 g/mol. The Morgan fingerprint density at radius 3 is 1.62 bits per heavy atom. The van der Waals surface area contributed by atoms with Gasteiger partial charge in [0.15, 0.2) is 0 Å². The fourth-order valence-corrected chi connectivity index (χ4v) is 12.2. The predicted octanol–water partition coefficient (Wildman–Crippen LogP) is 17.1. The van der Waals surface area contributed by atoms with Gasteiger partial charge in [0.25, 0.3) is 0 Å². The minimum atomic E-state index is -0.0277. The van der Waals surface area contributed by atoms with E-state index < -0.39 is 0 Å². The summed E-state index contributed by atoms with van der Waals surface area (Å²) >= 11 is 1.96. The molecule has 1 aromatic heterocycles. The van der Waals surface area contributed by atoms with Crippen LogP contribution in [0.15, 0.2) is 194 Å². The fourth-order valence-electron chi connectivity index (χ4n) is 10.8. The highest BCUT2D eigenvalue weighted by Gasteiger charge is 2.37. The van der Waals surface area contributed by atoms with Crippen LogP contribution in [0.5, 0.6) is 0 Å². The zero-order chi connectivity index (χ0) is 39.7. The molecule has 0 aliphatic heterocycles. The molecule has 0 N–H and O–H groups in total. The molecule has 12 aromatic rings. The van der Waals surface area contributed by atoms with Crippen LogP contribution in [0.3, 0.4) is 0 Å². The lowest BCUT2D eigenvalue weighted by Gasteiger charge is -2.22. The van der Waals surface area contributed by atoms with Gasteiger partial charge in [-0.15, -0.1) is 11.3 Å². The molecule has 0 amide bonds. The highest BCUT2D eigenvalue weighted by Crippen LogP contribution is 2.54. The Bertz CT molecular complexity index is 3740. The van der Waals surface area contributed by atoms with Crippen molar-refractivity contribution in [3.63, 3.8) is 0 Å². The predicted molar refractivity (Wildman–Crippen MR) is 261 cm³/mol. The zero-order valence-corrected chi connectivity index (χ0v) is 34.2. The molecule has 1 aliphatic rings. The molecule has 0 atom stereocenters. The van der Waals surface area contributed by atoms with Gasteiger partial charge in [-0.25, -0.2) is 0 Å². The largest absolute Gasteiger partial charge is 0.135 e. The van der Waals surface area contributed by atoms with Crippen molar-refractivity contribution < 1.29 is 0 Å². The maximum atomic E-state index is 2.43. The topological polar surface area (TPSA) is 0 Å². The molecule has 280 valence electrons. The van der Waals surface area contributed by atoms with Gasteiger partial charge in [0.1, 0.15) is 0 Å². The molecule has 0 bridgehead atoms. The van der Waals surface area contributed by atoms with Gasteiger partial charge in [-0.2, -0.15) is 0 Å². The van der Waals surface area contributed by atoms with E-state index in [1.54, 1.807) is 0 Å². The van der Waals surface area contributed by atoms with Gasteiger partial charge in [0.2, 0.25) is 0 Å². The summed E-state index contributed by atoms with van der Waals surface area (Å²) in [6.07, 6.45) is 0. The van der Waals surface area contributed by atoms with Crippen molar-refractivity contribution in [2.75, 3.05) is 0 Å². The first kappa shape index (κ1) is 33.9. The molecule has 0 fully saturated rings. The Morgan fingerprint density at radius 1 is 0.333 bits per heavy atom. The van der Waals surface area contributed by atoms with E-state index in [2.05, 4.69) is 208 Å². The molecule has 0 nitrogen and oxygen atoms in total. The van der Waals surface area contributed by atoms with Crippen molar-refractivity contribution in [1.82, 2.24) is 0 Å². The van der Waals surface area contributed by atoms with Crippen LogP contribution in [0, 0.1) is 0 Å². The molecular formula is C59H38S. The minimum absolute atomic E-state index is 0.0277. The number of benzene rings is 11. The highest BCUT2D eigenvalue weighted by atomic mass is 32.1. The van der Waals surface area contributed by atoms with Crippen LogP contribution in [0.2, 0.25) is 0 Å². The number of rotatable bonds is 3. The van der Waals surface area contributed by atoms with Crippen molar-refractivity contribution in [1.29, 1.82) is 0 Å². The summed E-state index contributed by atoms with van der Waals surface area (Å²) in [6, 6.07) is 72.9. The van der Waals surface area contributed by atoms with Crippen LogP contribution in [-0.4, -0.2) is 0 Å². The summed E-state index contributed by atoms with van der Waals surface area (Å²) in [4.78, 5) is 0. The first-order chi connectivity index (χ1) is 29.5. The lowest BCUT2D eigenvalue weighted by Crippen LogP contribution is -2.14. The van der Waals surface area contributed by atoms with Crippen LogP contribution in [-0.2, 0) is 5.41 Å². The number of hydrogen-bond acceptors (Lipinski definition) is 1. The van der Waals surface area contributed by atoms with E-state index >= 15 is 0 Å². The standard InChI is InChI=1S/C59H38S/c1-59(2)53-21-10-9-15-44(53)50-28-29-51-52-33-42-32-39(24-25-40(42)34-54(52)60-58(51)57(50)59)36-22-23-38-31-41(27-26-37(38)30-36)55-46-16-5-7-18-48(46)56(49-19-8-6-17-47(49)55)45-20-11-13-35-12-3-4-14-43(35)45/h3-34H,1-2H3. The van der Waals surface area contributed by atoms with E-state index in [0.29, 0.717) is 0 Å². The Kier molecular flexibility index (Phi) is 7.04. The molecule has 0 unspecified atom stereocenters. The van der Waals surface area contributed by atoms with Crippen LogP contribution in [0.4, 0.5) is 0 Å². The molecule has 11 aromatic carbocycles. The summed E-state index contributed by atoms with van der Waals surface area (Å²) in [5, 5.41) is 15.4. The highest BCUT2D eigenvalue weighted by molar-refractivity contribution is 7.26. The van der Waals surface area contributed by atoms with Crippen molar-refractivity contribution in [2.45, 2.75) is 19.3 Å². The molecule has 1 aliphatic carbocycles. The molecule has 1 heterocycles. The molecule has 0 saturated carbocycles. The minimum Gasteiger partial charge on any atom is -0.135 e. The van der Waals surface area contributed by atoms with Gasteiger partial charge in [-0.05, 0) is 140 Å². The Balaban J connectivity index is 0.917. The molecule has 60 heavy (non-hydrogen) atoms. The monoisotopic (exact) mass is 778 g/mol. The normalized spacial score (nSPS) is 13.3. The summed E-state index contributed by atoms with van der Waals surface area (Å²) in [6.45, 7) is 4.78. The van der Waals surface area contributed by atoms with Crippen molar-refractivity contribution in [3.8, 4) is 44.5 Å². The van der Waals surface area contributed by atoms with Gasteiger partial charge >= 0.3 is 0 Å². The van der Waals surface area contributed by atoms with Gasteiger partial charge in [-0.3, -0.25) is 0 Å². The van der Waals surface area contributed by atoms with E-state index in [1.165, 1.54) is 130 Å². The first-order valence-corrected chi connectivity index (χ1v) is 21.8. The third-order valence-electron chi connectivity index (χ3n) is 13.6. The molecule has 1 heteroatoms. The number of fused-ring (bicyclic) bond motifs is 12. The lowest BCUT2D eigenvalue weighted by atomic mass is 9.82. The van der Waals surface area contributed by atoms with E-state index in [-0.39, 0.29) is 5.41 Å². The summed E-state index contributed by atoms with van der Waals surface area (Å²) in [5.74, 6) is 0. The molecule has 0 saturated heterocycles. The quantitative estimate of drug-likeness (QED) is 0.157. The first-order valence-electron chi connectivity index (χ1n) is 21.0. The van der Waals surface area contributed by atoms with Gasteiger partial charge in [-0.1, -0.05) is 178 Å². The second-order valence-corrected chi connectivity index (χ2v) is 18.2. The summed E-state index contributed by atoms with van der Waals surface area (Å²) in [7, 11) is 0. The van der Waals surface area contributed by atoms with E-state index in [1.807, 2.05) is 11.3 Å². The number of thiophene rings is 1. The fraction of sp³-hybridized carbons (Fsp3) is 0.0508. The Hall–Kier alpha value is -7.06. The average Bonchev–Trinajstić information content (AvgIpc) is 3.77. The van der Waals surface area contributed by atoms with Crippen molar-refractivity contribution in [2.24, 2.45) is 0 Å². The second-order valence-electron chi connectivity index (χ2n) is 17.2. The summed E-state index contributed by atoms with van der Waals surface area (Å²) in [5.41, 5.74) is 13.2. The molecular weight excluding hydrogens is 741 g/mol. The lowest BCUT2D eigenvalue weighted by molar-refractivity contribution is 0.667. The third kappa shape index (κ3) is 4.79. The zero-order valence-electron chi connectivity index (χ0n) is 33.4. The van der Waals surface area contributed by atoms with Crippen LogP contribution in [0.1, 0.15) is 25.0 Å². The third-order valence-corrected chi connectivity index (χ3v) is 14.8. The SMILES string of the molecule is CC1(C)c2ccccc2-c2ccc3c(sc4cc5ccc(-c6ccc7cc(-c8c9ccccc9c(-c9cccc%10ccccc9%10)c9ccccc89)ccc7c6)cc5cc43)c21. The van der Waals surface area contributed by atoms with Gasteiger partial charge in [0.05, 0.1) is 0 Å². The van der Waals surface area contributed by atoms with E-state index in [4.69, 9.17) is 0 Å². The maximum absolute atomic E-state index is 2.43. The maximum Gasteiger partial charge on any atom is 0.0402 e. The second kappa shape index (κ2) is 12.5. The van der Waals surface area contributed by atoms with Gasteiger partial charge in [0, 0.05) is 25.6 Å². The summed E-state index contributed by atoms with van der Waals surface area (Å²) < 4.78 is 2.78. The molecule has 0 spiro atoms. The van der Waals surface area contributed by atoms with Crippen LogP contribution >= 0.6 is 11.3 Å². The smallest absolute Gasteiger partial charge is 0.0402 e. The Labute approximate surface area is 352 Å². The van der Waals surface area contributed by atoms with E-state index in [9.17, 15) is 0 Å². The van der Waals surface area contributed by atoms with Crippen molar-refractivity contribution >= 4 is 85.4 Å². The molecule has 0 radical (unpaired) electrons. The molecule has 13 rings (SSSR count). The van der Waals surface area contributed by atoms with Crippen LogP contribution in [0.25, 0.3) is 119 Å². The Morgan fingerprint density at radius 2 is 0.883 bits per heavy atom. The van der Waals surface area contributed by atoms with Crippen LogP contribution < -0.4 is 0 Å². The number of hydrogen-bond donors (Lipinski definition) is 0. The van der Waals surface area contributed by atoms with E-state index in [0.717, 1.165) is 0 Å².